The minimum absolute atomic E-state index is 0.144. The molecule has 1 aliphatic heterocycles. The second-order valence-corrected chi connectivity index (χ2v) is 8.03. The van der Waals surface area contributed by atoms with E-state index < -0.39 is 0 Å². The van der Waals surface area contributed by atoms with Crippen LogP contribution in [0.15, 0.2) is 29.1 Å². The van der Waals surface area contributed by atoms with Crippen molar-refractivity contribution in [1.82, 2.24) is 19.9 Å². The molecular formula is C22H24N4O2. The highest BCUT2D eigenvalue weighted by Gasteiger charge is 2.28. The predicted molar refractivity (Wildman–Crippen MR) is 108 cm³/mol. The number of para-hydroxylation sites is 1. The number of aryl methyl sites for hydroxylation is 3. The van der Waals surface area contributed by atoms with Crippen LogP contribution in [0.1, 0.15) is 58.2 Å². The molecule has 2 aromatic heterocycles. The zero-order valence-electron chi connectivity index (χ0n) is 16.0. The lowest BCUT2D eigenvalue weighted by Crippen LogP contribution is -2.40. The number of benzene rings is 1. The Hall–Kier alpha value is -2.89. The fraction of sp³-hybridized carbons (Fsp3) is 0.409. The second-order valence-electron chi connectivity index (χ2n) is 8.03. The highest BCUT2D eigenvalue weighted by molar-refractivity contribution is 5.94. The van der Waals surface area contributed by atoms with Crippen LogP contribution in [0.3, 0.4) is 0 Å². The monoisotopic (exact) mass is 376 g/mol. The summed E-state index contributed by atoms with van der Waals surface area (Å²) in [6.45, 7) is 3.37. The van der Waals surface area contributed by atoms with Crippen molar-refractivity contribution in [2.45, 2.75) is 44.9 Å². The first-order chi connectivity index (χ1) is 13.6. The maximum atomic E-state index is 12.9. The van der Waals surface area contributed by atoms with Gasteiger partial charge in [-0.2, -0.15) is 0 Å². The van der Waals surface area contributed by atoms with Crippen molar-refractivity contribution in [2.75, 3.05) is 13.1 Å². The minimum atomic E-state index is -0.250. The Morgan fingerprint density at radius 3 is 2.79 bits per heavy atom. The van der Waals surface area contributed by atoms with Gasteiger partial charge in [-0.25, -0.2) is 4.98 Å². The molecule has 1 aromatic carbocycles. The van der Waals surface area contributed by atoms with Crippen molar-refractivity contribution in [1.29, 1.82) is 0 Å². The van der Waals surface area contributed by atoms with E-state index in [4.69, 9.17) is 4.98 Å². The van der Waals surface area contributed by atoms with E-state index in [1.54, 1.807) is 0 Å². The Labute approximate surface area is 163 Å². The second kappa shape index (κ2) is 6.62. The third-order valence-electron chi connectivity index (χ3n) is 6.22. The van der Waals surface area contributed by atoms with Gasteiger partial charge in [0.05, 0.1) is 11.0 Å². The first-order valence-electron chi connectivity index (χ1n) is 10.1. The number of carbonyl (C=O) groups excluding carboxylic acids is 1. The van der Waals surface area contributed by atoms with E-state index in [0.717, 1.165) is 60.2 Å². The summed E-state index contributed by atoms with van der Waals surface area (Å²) >= 11 is 0. The highest BCUT2D eigenvalue weighted by atomic mass is 16.2. The molecule has 28 heavy (non-hydrogen) atoms. The normalized spacial score (nSPS) is 17.2. The van der Waals surface area contributed by atoms with Crippen LogP contribution in [-0.4, -0.2) is 38.8 Å². The summed E-state index contributed by atoms with van der Waals surface area (Å²) in [5.41, 5.74) is 5.43. The Morgan fingerprint density at radius 1 is 1.18 bits per heavy atom. The molecular weight excluding hydrogens is 352 g/mol. The summed E-state index contributed by atoms with van der Waals surface area (Å²) in [7, 11) is 0. The van der Waals surface area contributed by atoms with Gasteiger partial charge in [-0.3, -0.25) is 9.59 Å². The van der Waals surface area contributed by atoms with Gasteiger partial charge in [-0.15, -0.1) is 0 Å². The van der Waals surface area contributed by atoms with Gasteiger partial charge in [0.1, 0.15) is 11.4 Å². The smallest absolute Gasteiger partial charge is 0.261 e. The van der Waals surface area contributed by atoms with Crippen LogP contribution in [0.2, 0.25) is 0 Å². The molecule has 3 heterocycles. The van der Waals surface area contributed by atoms with Gasteiger partial charge in [-0.1, -0.05) is 12.1 Å². The number of hydrogen-bond donors (Lipinski definition) is 2. The molecule has 0 spiro atoms. The molecule has 1 fully saturated rings. The number of fused-ring (bicyclic) bond motifs is 2. The van der Waals surface area contributed by atoms with E-state index in [9.17, 15) is 9.59 Å². The molecule has 0 radical (unpaired) electrons. The van der Waals surface area contributed by atoms with E-state index in [0.29, 0.717) is 24.6 Å². The van der Waals surface area contributed by atoms with Crippen LogP contribution in [0.5, 0.6) is 0 Å². The lowest BCUT2D eigenvalue weighted by molar-refractivity contribution is 0.0709. The number of aromatic nitrogens is 3. The highest BCUT2D eigenvalue weighted by Crippen LogP contribution is 2.29. The van der Waals surface area contributed by atoms with Gasteiger partial charge in [0, 0.05) is 24.7 Å². The Morgan fingerprint density at radius 2 is 2.00 bits per heavy atom. The fourth-order valence-electron chi connectivity index (χ4n) is 4.59. The molecule has 3 aromatic rings. The third kappa shape index (κ3) is 2.84. The van der Waals surface area contributed by atoms with E-state index >= 15 is 0 Å². The summed E-state index contributed by atoms with van der Waals surface area (Å²) in [4.78, 5) is 38.3. The van der Waals surface area contributed by atoms with Crippen LogP contribution < -0.4 is 5.56 Å². The molecule has 144 valence electrons. The van der Waals surface area contributed by atoms with Crippen LogP contribution in [0.25, 0.3) is 11.0 Å². The molecule has 0 atom stereocenters. The van der Waals surface area contributed by atoms with Gasteiger partial charge in [0.25, 0.3) is 11.5 Å². The maximum Gasteiger partial charge on any atom is 0.261 e. The van der Waals surface area contributed by atoms with Crippen LogP contribution >= 0.6 is 0 Å². The summed E-state index contributed by atoms with van der Waals surface area (Å²) in [6, 6.07) is 7.98. The van der Waals surface area contributed by atoms with Crippen molar-refractivity contribution < 1.29 is 4.79 Å². The van der Waals surface area contributed by atoms with Gasteiger partial charge < -0.3 is 14.9 Å². The average molecular weight is 376 g/mol. The number of rotatable bonds is 2. The number of carbonyl (C=O) groups is 1. The molecule has 0 saturated carbocycles. The molecule has 6 nitrogen and oxygen atoms in total. The summed E-state index contributed by atoms with van der Waals surface area (Å²) in [6.07, 6.45) is 4.60. The van der Waals surface area contributed by atoms with E-state index in [1.807, 2.05) is 17.0 Å². The Bertz CT molecular complexity index is 1120. The van der Waals surface area contributed by atoms with Crippen LogP contribution in [0.4, 0.5) is 0 Å². The number of imidazole rings is 1. The van der Waals surface area contributed by atoms with Crippen molar-refractivity contribution in [2.24, 2.45) is 0 Å². The number of amides is 1. The van der Waals surface area contributed by atoms with Gasteiger partial charge in [0.2, 0.25) is 0 Å². The maximum absolute atomic E-state index is 12.9. The molecule has 2 N–H and O–H groups in total. The van der Waals surface area contributed by atoms with Gasteiger partial charge in [0.15, 0.2) is 0 Å². The lowest BCUT2D eigenvalue weighted by atomic mass is 9.95. The number of nitrogens with zero attached hydrogens (tertiary/aromatic N) is 2. The first-order valence-corrected chi connectivity index (χ1v) is 10.1. The van der Waals surface area contributed by atoms with Crippen molar-refractivity contribution >= 4 is 16.9 Å². The van der Waals surface area contributed by atoms with Gasteiger partial charge in [-0.05, 0) is 62.3 Å². The van der Waals surface area contributed by atoms with E-state index in [1.165, 1.54) is 5.56 Å². The molecule has 1 saturated heterocycles. The zero-order valence-corrected chi connectivity index (χ0v) is 16.0. The molecule has 1 amide bonds. The minimum Gasteiger partial charge on any atom is -0.342 e. The lowest BCUT2D eigenvalue weighted by Gasteiger charge is -2.31. The zero-order chi connectivity index (χ0) is 19.3. The Balaban J connectivity index is 1.32. The third-order valence-corrected chi connectivity index (χ3v) is 6.22. The molecule has 0 bridgehead atoms. The van der Waals surface area contributed by atoms with E-state index in [2.05, 4.69) is 29.0 Å². The number of H-pyrrole nitrogens is 2. The predicted octanol–water partition coefficient (Wildman–Crippen LogP) is 3.07. The largest absolute Gasteiger partial charge is 0.342 e. The molecule has 2 aliphatic rings. The fourth-order valence-corrected chi connectivity index (χ4v) is 4.59. The number of piperidine rings is 1. The SMILES string of the molecule is Cc1cccc2[nH]c(C3CCN(C(=O)c4cc5c([nH]c4=O)CCC5)CC3)nc12. The van der Waals surface area contributed by atoms with E-state index in [-0.39, 0.29) is 11.5 Å². The Kier molecular flexibility index (Phi) is 4.07. The average Bonchev–Trinajstić information content (AvgIpc) is 3.34. The molecule has 5 rings (SSSR count). The standard InChI is InChI=1S/C22H24N4O2/c1-13-4-2-7-18-19(13)25-20(23-18)14-8-10-26(11-9-14)22(28)16-12-15-5-3-6-17(15)24-21(16)27/h2,4,7,12,14H,3,5-6,8-11H2,1H3,(H,23,25)(H,24,27). The number of aromatic amines is 2. The molecule has 1 aliphatic carbocycles. The number of nitrogens with one attached hydrogen (secondary N) is 2. The van der Waals surface area contributed by atoms with Gasteiger partial charge >= 0.3 is 0 Å². The van der Waals surface area contributed by atoms with Crippen molar-refractivity contribution in [3.63, 3.8) is 0 Å². The number of pyridine rings is 1. The number of hydrogen-bond acceptors (Lipinski definition) is 3. The summed E-state index contributed by atoms with van der Waals surface area (Å²) in [5.74, 6) is 1.18. The summed E-state index contributed by atoms with van der Waals surface area (Å²) in [5, 5.41) is 0. The van der Waals surface area contributed by atoms with Crippen LogP contribution in [0, 0.1) is 6.92 Å². The molecule has 6 heteroatoms. The van der Waals surface area contributed by atoms with Crippen molar-refractivity contribution in [3.8, 4) is 0 Å². The van der Waals surface area contributed by atoms with Crippen LogP contribution in [-0.2, 0) is 12.8 Å². The quantitative estimate of drug-likeness (QED) is 0.721. The summed E-state index contributed by atoms with van der Waals surface area (Å²) < 4.78 is 0. The van der Waals surface area contributed by atoms with Crippen molar-refractivity contribution in [3.05, 3.63) is 62.8 Å². The number of likely N-dealkylation sites (tertiary alicyclic amines) is 1. The molecule has 0 unspecified atom stereocenters. The first kappa shape index (κ1) is 17.2. The topological polar surface area (TPSA) is 81.9 Å².